The minimum atomic E-state index is -1.48. The lowest BCUT2D eigenvalue weighted by Crippen LogP contribution is -2.69. The van der Waals surface area contributed by atoms with Crippen LogP contribution in [0.3, 0.4) is 0 Å². The van der Waals surface area contributed by atoms with E-state index in [9.17, 15) is 29.7 Å². The molecule has 0 spiro atoms. The van der Waals surface area contributed by atoms with Crippen LogP contribution in [-0.4, -0.2) is 89.9 Å². The van der Waals surface area contributed by atoms with Crippen molar-refractivity contribution in [3.05, 3.63) is 11.6 Å². The molecule has 0 radical (unpaired) electrons. The second-order valence-corrected chi connectivity index (χ2v) is 19.0. The van der Waals surface area contributed by atoms with Gasteiger partial charge in [0.05, 0.1) is 31.3 Å². The lowest BCUT2D eigenvalue weighted by atomic mass is 9.33. The first-order valence-corrected chi connectivity index (χ1v) is 19.6. The summed E-state index contributed by atoms with van der Waals surface area (Å²) >= 11 is 0. The molecule has 0 aromatic carbocycles. The quantitative estimate of drug-likeness (QED) is 0.186. The molecule has 0 aromatic heterocycles. The van der Waals surface area contributed by atoms with Crippen LogP contribution in [0, 0.1) is 50.2 Å². The molecule has 0 aromatic rings. The number of methoxy groups -OCH3 is 1. The van der Waals surface area contributed by atoms with Gasteiger partial charge in [0.15, 0.2) is 12.4 Å². The highest BCUT2D eigenvalue weighted by Gasteiger charge is 2.71. The van der Waals surface area contributed by atoms with Crippen LogP contribution in [0.1, 0.15) is 120 Å². The summed E-state index contributed by atoms with van der Waals surface area (Å²) in [5, 5.41) is 34.2. The Morgan fingerprint density at radius 3 is 2.17 bits per heavy atom. The van der Waals surface area contributed by atoms with E-state index >= 15 is 0 Å². The maximum Gasteiger partial charge on any atom is 0.311 e. The van der Waals surface area contributed by atoms with Gasteiger partial charge in [0.2, 0.25) is 0 Å². The molecule has 16 atom stereocenters. The number of carbonyl (C=O) groups excluding carboxylic acids is 3. The van der Waals surface area contributed by atoms with Gasteiger partial charge in [-0.3, -0.25) is 14.4 Å². The SMILES string of the molecule is COC(=O)[C@]1(C)CC[C@]2(C)CC[C@]3(C)C(=CC[C@@H]4[C@@]5(C)[C@@H](O)C[C@H](OC(C)=O)[C@@](C)(CO[C@@H]6O[C@@H](C)[C@H](OC(C)=O)[C@@H](O)[C@H]6O)[C@@H]5CC[C@]43C)[C@H]2C1. The van der Waals surface area contributed by atoms with E-state index in [1.54, 1.807) is 6.92 Å². The molecule has 6 rings (SSSR count). The summed E-state index contributed by atoms with van der Waals surface area (Å²) in [5.74, 6) is -0.883. The number of aliphatic hydroxyl groups is 3. The van der Waals surface area contributed by atoms with Crippen molar-refractivity contribution in [1.82, 2.24) is 0 Å². The maximum atomic E-state index is 13.1. The molecule has 1 aliphatic heterocycles. The van der Waals surface area contributed by atoms with E-state index in [-0.39, 0.29) is 53.0 Å². The first-order chi connectivity index (χ1) is 24.1. The van der Waals surface area contributed by atoms with E-state index in [2.05, 4.69) is 47.6 Å². The van der Waals surface area contributed by atoms with Crippen LogP contribution < -0.4 is 0 Å². The Morgan fingerprint density at radius 1 is 0.885 bits per heavy atom. The maximum absolute atomic E-state index is 13.1. The largest absolute Gasteiger partial charge is 0.469 e. The monoisotopic (exact) mass is 732 g/mol. The van der Waals surface area contributed by atoms with Crippen LogP contribution in [-0.2, 0) is 38.1 Å². The highest BCUT2D eigenvalue weighted by Crippen LogP contribution is 2.76. The van der Waals surface area contributed by atoms with E-state index in [4.69, 9.17) is 23.7 Å². The number of hydrogen-bond donors (Lipinski definition) is 3. The van der Waals surface area contributed by atoms with E-state index < -0.39 is 71.1 Å². The highest BCUT2D eigenvalue weighted by atomic mass is 16.7. The lowest BCUT2D eigenvalue weighted by Gasteiger charge is -2.72. The van der Waals surface area contributed by atoms with Gasteiger partial charge in [-0.1, -0.05) is 46.3 Å². The van der Waals surface area contributed by atoms with Gasteiger partial charge < -0.3 is 39.0 Å². The Labute approximate surface area is 309 Å². The Kier molecular flexibility index (Phi) is 10.1. The fourth-order valence-electron chi connectivity index (χ4n) is 12.9. The molecule has 294 valence electrons. The van der Waals surface area contributed by atoms with Crippen molar-refractivity contribution in [3.8, 4) is 0 Å². The van der Waals surface area contributed by atoms with Crippen molar-refractivity contribution in [1.29, 1.82) is 0 Å². The highest BCUT2D eigenvalue weighted by molar-refractivity contribution is 5.76. The zero-order valence-corrected chi connectivity index (χ0v) is 33.0. The summed E-state index contributed by atoms with van der Waals surface area (Å²) in [6, 6.07) is 0. The van der Waals surface area contributed by atoms with Crippen molar-refractivity contribution in [2.75, 3.05) is 13.7 Å². The third-order valence-corrected chi connectivity index (χ3v) is 16.3. The minimum Gasteiger partial charge on any atom is -0.469 e. The Bertz CT molecular complexity index is 1460. The zero-order chi connectivity index (χ0) is 38.4. The van der Waals surface area contributed by atoms with Crippen molar-refractivity contribution in [2.45, 2.75) is 163 Å². The first-order valence-electron chi connectivity index (χ1n) is 19.6. The number of ether oxygens (including phenoxy) is 5. The van der Waals surface area contributed by atoms with Gasteiger partial charge in [-0.2, -0.15) is 0 Å². The normalized spacial score (nSPS) is 51.4. The second kappa shape index (κ2) is 13.3. The van der Waals surface area contributed by atoms with Crippen LogP contribution in [0.15, 0.2) is 11.6 Å². The van der Waals surface area contributed by atoms with Crippen molar-refractivity contribution < 1.29 is 53.4 Å². The standard InChI is InChI=1S/C41H64O11/c1-22-33(52-24(3)43)31(45)32(46)34(50-22)49-21-38(6)27-13-14-40(8)28(41(27,9)29(44)19-30(38)51-23(2)42)12-11-25-26-20-37(5,35(47)48-10)16-15-36(26,4)17-18-39(25,40)7/h11,22,26-34,44-46H,12-21H2,1-10H3/t22-,26+,27-,28-,29-,30-,31-,32+,33-,34+,36+,37+,38-,39+,40+,41-/m0/s1. The van der Waals surface area contributed by atoms with Gasteiger partial charge in [0, 0.05) is 31.1 Å². The third kappa shape index (κ3) is 5.80. The van der Waals surface area contributed by atoms with Crippen molar-refractivity contribution in [3.63, 3.8) is 0 Å². The number of rotatable bonds is 6. The third-order valence-electron chi connectivity index (χ3n) is 16.3. The lowest BCUT2D eigenvalue weighted by molar-refractivity contribution is -0.315. The van der Waals surface area contributed by atoms with Crippen LogP contribution in [0.5, 0.6) is 0 Å². The molecular formula is C41H64O11. The molecule has 1 heterocycles. The van der Waals surface area contributed by atoms with E-state index in [1.165, 1.54) is 26.5 Å². The average Bonchev–Trinajstić information content (AvgIpc) is 3.07. The summed E-state index contributed by atoms with van der Waals surface area (Å²) < 4.78 is 28.9. The van der Waals surface area contributed by atoms with E-state index in [1.807, 2.05) is 0 Å². The molecule has 11 heteroatoms. The molecule has 0 bridgehead atoms. The molecule has 6 aliphatic rings. The molecule has 3 N–H and O–H groups in total. The van der Waals surface area contributed by atoms with Gasteiger partial charge in [-0.25, -0.2) is 0 Å². The predicted octanol–water partition coefficient (Wildman–Crippen LogP) is 5.26. The average molecular weight is 733 g/mol. The summed E-state index contributed by atoms with van der Waals surface area (Å²) in [7, 11) is 1.49. The number of hydrogen-bond acceptors (Lipinski definition) is 11. The van der Waals surface area contributed by atoms with Gasteiger partial charge in [0.25, 0.3) is 0 Å². The van der Waals surface area contributed by atoms with Crippen LogP contribution in [0.4, 0.5) is 0 Å². The Hall–Kier alpha value is -2.05. The van der Waals surface area contributed by atoms with Crippen molar-refractivity contribution >= 4 is 17.9 Å². The van der Waals surface area contributed by atoms with Crippen LogP contribution >= 0.6 is 0 Å². The first kappa shape index (κ1) is 39.6. The molecule has 52 heavy (non-hydrogen) atoms. The predicted molar refractivity (Wildman–Crippen MR) is 190 cm³/mol. The zero-order valence-electron chi connectivity index (χ0n) is 33.0. The molecule has 11 nitrogen and oxygen atoms in total. The van der Waals surface area contributed by atoms with E-state index in [0.717, 1.165) is 51.4 Å². The number of aliphatic hydroxyl groups excluding tert-OH is 3. The summed E-state index contributed by atoms with van der Waals surface area (Å²) in [6.45, 7) is 18.0. The summed E-state index contributed by atoms with van der Waals surface area (Å²) in [6.07, 6.45) is 2.63. The number of esters is 3. The fraction of sp³-hybridized carbons (Fsp3) is 0.878. The molecule has 0 unspecified atom stereocenters. The fourth-order valence-corrected chi connectivity index (χ4v) is 12.9. The van der Waals surface area contributed by atoms with E-state index in [0.29, 0.717) is 0 Å². The molecule has 4 saturated carbocycles. The Morgan fingerprint density at radius 2 is 1.54 bits per heavy atom. The summed E-state index contributed by atoms with van der Waals surface area (Å²) in [4.78, 5) is 37.3. The van der Waals surface area contributed by atoms with Gasteiger partial charge in [0.1, 0.15) is 18.3 Å². The Balaban J connectivity index is 1.33. The number of allylic oxidation sites excluding steroid dienone is 2. The van der Waals surface area contributed by atoms with Crippen LogP contribution in [0.2, 0.25) is 0 Å². The van der Waals surface area contributed by atoms with Gasteiger partial charge in [-0.05, 0) is 99.2 Å². The molecule has 5 aliphatic carbocycles. The molecule has 0 amide bonds. The molecule has 1 saturated heterocycles. The van der Waals surface area contributed by atoms with Gasteiger partial charge >= 0.3 is 17.9 Å². The summed E-state index contributed by atoms with van der Waals surface area (Å²) in [5.41, 5.74) is -0.533. The smallest absolute Gasteiger partial charge is 0.311 e. The molecular weight excluding hydrogens is 668 g/mol. The topological polar surface area (TPSA) is 158 Å². The van der Waals surface area contributed by atoms with Crippen molar-refractivity contribution in [2.24, 2.45) is 50.2 Å². The van der Waals surface area contributed by atoms with Crippen LogP contribution in [0.25, 0.3) is 0 Å². The number of carbonyl (C=O) groups is 3. The minimum absolute atomic E-state index is 0.0473. The second-order valence-electron chi connectivity index (χ2n) is 19.0. The molecule has 5 fully saturated rings. The number of fused-ring (bicyclic) bond motifs is 7. The van der Waals surface area contributed by atoms with Gasteiger partial charge in [-0.15, -0.1) is 0 Å².